The molecule has 1 amide bonds. The highest BCUT2D eigenvalue weighted by atomic mass is 16.7. The molecule has 0 bridgehead atoms. The highest BCUT2D eigenvalue weighted by Gasteiger charge is 2.41. The van der Waals surface area contributed by atoms with E-state index in [1.54, 1.807) is 6.92 Å². The fraction of sp³-hybridized carbons (Fsp3) is 0.583. The molecule has 2 heterocycles. The Morgan fingerprint density at radius 3 is 2.78 bits per heavy atom. The van der Waals surface area contributed by atoms with Crippen LogP contribution in [0.1, 0.15) is 34.1 Å². The first-order chi connectivity index (χ1) is 8.30. The molecule has 0 N–H and O–H groups in total. The zero-order valence-corrected chi connectivity index (χ0v) is 10.9. The molecule has 0 aromatic carbocycles. The van der Waals surface area contributed by atoms with Gasteiger partial charge >= 0.3 is 5.97 Å². The van der Waals surface area contributed by atoms with Crippen LogP contribution in [0.4, 0.5) is 0 Å². The van der Waals surface area contributed by atoms with Crippen LogP contribution in [-0.2, 0) is 19.2 Å². The Kier molecular flexibility index (Phi) is 2.88. The van der Waals surface area contributed by atoms with Crippen molar-refractivity contribution >= 4 is 17.7 Å². The number of esters is 1. The zero-order chi connectivity index (χ0) is 13.5. The molecule has 2 rings (SSSR count). The Hall–Kier alpha value is -1.85. The van der Waals surface area contributed by atoms with Gasteiger partial charge in [-0.3, -0.25) is 14.5 Å². The van der Waals surface area contributed by atoms with Gasteiger partial charge in [-0.25, -0.2) is 0 Å². The fourth-order valence-electron chi connectivity index (χ4n) is 1.97. The van der Waals surface area contributed by atoms with Crippen molar-refractivity contribution in [3.05, 3.63) is 11.6 Å². The minimum Gasteiger partial charge on any atom is -0.437 e. The van der Waals surface area contributed by atoms with E-state index in [2.05, 4.69) is 5.16 Å². The fourth-order valence-corrected chi connectivity index (χ4v) is 1.97. The van der Waals surface area contributed by atoms with Gasteiger partial charge in [-0.05, 0) is 26.3 Å². The monoisotopic (exact) mass is 252 g/mol. The number of hydrogen-bond acceptors (Lipinski definition) is 5. The third-order valence-electron chi connectivity index (χ3n) is 2.75. The Labute approximate surface area is 105 Å². The third-order valence-corrected chi connectivity index (χ3v) is 2.75. The predicted molar refractivity (Wildman–Crippen MR) is 63.4 cm³/mol. The molecule has 2 aliphatic heterocycles. The molecule has 0 saturated carbocycles. The largest absolute Gasteiger partial charge is 0.437 e. The molecule has 6 nitrogen and oxygen atoms in total. The lowest BCUT2D eigenvalue weighted by atomic mass is 10.1. The molecule has 1 atom stereocenters. The summed E-state index contributed by atoms with van der Waals surface area (Å²) in [7, 11) is 0. The SMILES string of the molecule is CC(=O)OC1C(C)=CC(=O)N1C1=NOC(C)(C)C1. The summed E-state index contributed by atoms with van der Waals surface area (Å²) in [4.78, 5) is 29.6. The highest BCUT2D eigenvalue weighted by Crippen LogP contribution is 2.29. The maximum atomic E-state index is 11.9. The first-order valence-corrected chi connectivity index (χ1v) is 5.74. The first-order valence-electron chi connectivity index (χ1n) is 5.74. The van der Waals surface area contributed by atoms with Crippen molar-refractivity contribution < 1.29 is 19.2 Å². The quantitative estimate of drug-likeness (QED) is 0.657. The Bertz CT molecular complexity index is 465. The van der Waals surface area contributed by atoms with Crippen LogP contribution in [0.2, 0.25) is 0 Å². The summed E-state index contributed by atoms with van der Waals surface area (Å²) in [5, 5.41) is 3.91. The molecular formula is C12H16N2O4. The van der Waals surface area contributed by atoms with Gasteiger partial charge in [0.1, 0.15) is 5.60 Å². The van der Waals surface area contributed by atoms with Crippen molar-refractivity contribution in [2.75, 3.05) is 0 Å². The van der Waals surface area contributed by atoms with E-state index in [0.29, 0.717) is 17.8 Å². The summed E-state index contributed by atoms with van der Waals surface area (Å²) in [6.45, 7) is 6.81. The summed E-state index contributed by atoms with van der Waals surface area (Å²) in [6.07, 6.45) is 1.24. The molecular weight excluding hydrogens is 236 g/mol. The van der Waals surface area contributed by atoms with Crippen molar-refractivity contribution in [2.45, 2.75) is 45.9 Å². The maximum Gasteiger partial charge on any atom is 0.304 e. The maximum absolute atomic E-state index is 11.9. The Morgan fingerprint density at radius 2 is 2.28 bits per heavy atom. The second kappa shape index (κ2) is 4.12. The van der Waals surface area contributed by atoms with Crippen molar-refractivity contribution in [1.29, 1.82) is 0 Å². The van der Waals surface area contributed by atoms with E-state index < -0.39 is 17.8 Å². The van der Waals surface area contributed by atoms with Gasteiger partial charge in [0.05, 0.1) is 6.42 Å². The Morgan fingerprint density at radius 1 is 1.61 bits per heavy atom. The van der Waals surface area contributed by atoms with Gasteiger partial charge in [0, 0.05) is 13.0 Å². The number of carbonyl (C=O) groups excluding carboxylic acids is 2. The number of amidine groups is 1. The van der Waals surface area contributed by atoms with Gasteiger partial charge in [0.15, 0.2) is 5.84 Å². The van der Waals surface area contributed by atoms with E-state index in [1.807, 2.05) is 13.8 Å². The molecule has 2 aliphatic rings. The second-order valence-electron chi connectivity index (χ2n) is 5.09. The smallest absolute Gasteiger partial charge is 0.304 e. The number of hydrogen-bond donors (Lipinski definition) is 0. The lowest BCUT2D eigenvalue weighted by molar-refractivity contribution is -0.151. The topological polar surface area (TPSA) is 68.2 Å². The standard InChI is InChI=1S/C12H16N2O4/c1-7-5-10(16)14(11(7)17-8(2)15)9-6-12(3,4)18-13-9/h5,11H,6H2,1-4H3. The van der Waals surface area contributed by atoms with Crippen LogP contribution >= 0.6 is 0 Å². The van der Waals surface area contributed by atoms with E-state index >= 15 is 0 Å². The van der Waals surface area contributed by atoms with E-state index in [4.69, 9.17) is 9.57 Å². The van der Waals surface area contributed by atoms with E-state index in [0.717, 1.165) is 0 Å². The second-order valence-corrected chi connectivity index (χ2v) is 5.09. The van der Waals surface area contributed by atoms with Crippen molar-refractivity contribution in [3.63, 3.8) is 0 Å². The minimum absolute atomic E-state index is 0.237. The van der Waals surface area contributed by atoms with Gasteiger partial charge < -0.3 is 9.57 Å². The summed E-state index contributed by atoms with van der Waals surface area (Å²) >= 11 is 0. The van der Waals surface area contributed by atoms with Gasteiger partial charge in [-0.15, -0.1) is 0 Å². The average molecular weight is 252 g/mol. The van der Waals surface area contributed by atoms with Crippen LogP contribution in [0, 0.1) is 0 Å². The number of ether oxygens (including phenoxy) is 1. The average Bonchev–Trinajstić information content (AvgIpc) is 2.68. The van der Waals surface area contributed by atoms with Gasteiger partial charge in [0.25, 0.3) is 5.91 Å². The summed E-state index contributed by atoms with van der Waals surface area (Å²) in [6, 6.07) is 0. The molecule has 0 aromatic rings. The summed E-state index contributed by atoms with van der Waals surface area (Å²) in [5.41, 5.74) is 0.245. The molecule has 0 radical (unpaired) electrons. The van der Waals surface area contributed by atoms with Crippen LogP contribution in [-0.4, -0.2) is 34.4 Å². The molecule has 0 fully saturated rings. The van der Waals surface area contributed by atoms with Gasteiger partial charge in [-0.1, -0.05) is 5.16 Å². The number of nitrogens with zero attached hydrogens (tertiary/aromatic N) is 2. The number of rotatable bonds is 1. The summed E-state index contributed by atoms with van der Waals surface area (Å²) < 4.78 is 5.15. The minimum atomic E-state index is -0.703. The molecule has 0 spiro atoms. The van der Waals surface area contributed by atoms with Crippen LogP contribution < -0.4 is 0 Å². The molecule has 1 unspecified atom stereocenters. The van der Waals surface area contributed by atoms with Gasteiger partial charge in [-0.2, -0.15) is 0 Å². The van der Waals surface area contributed by atoms with Crippen LogP contribution in [0.15, 0.2) is 16.8 Å². The molecule has 0 saturated heterocycles. The van der Waals surface area contributed by atoms with Crippen LogP contribution in [0.5, 0.6) is 0 Å². The number of amides is 1. The number of carbonyl (C=O) groups is 2. The number of oxime groups is 1. The molecule has 6 heteroatoms. The lowest BCUT2D eigenvalue weighted by Crippen LogP contribution is -2.43. The predicted octanol–water partition coefficient (Wildman–Crippen LogP) is 1.18. The molecule has 98 valence electrons. The normalized spacial score (nSPS) is 25.7. The summed E-state index contributed by atoms with van der Waals surface area (Å²) in [5.74, 6) is -0.186. The molecule has 0 aromatic heterocycles. The lowest BCUT2D eigenvalue weighted by Gasteiger charge is -2.25. The highest BCUT2D eigenvalue weighted by molar-refractivity contribution is 6.06. The third kappa shape index (κ3) is 2.23. The molecule has 0 aliphatic carbocycles. The zero-order valence-electron chi connectivity index (χ0n) is 10.9. The van der Waals surface area contributed by atoms with Crippen LogP contribution in [0.25, 0.3) is 0 Å². The van der Waals surface area contributed by atoms with Crippen LogP contribution in [0.3, 0.4) is 0 Å². The van der Waals surface area contributed by atoms with Crippen molar-refractivity contribution in [1.82, 2.24) is 4.90 Å². The van der Waals surface area contributed by atoms with E-state index in [9.17, 15) is 9.59 Å². The Balaban J connectivity index is 2.21. The van der Waals surface area contributed by atoms with E-state index in [-0.39, 0.29) is 5.91 Å². The van der Waals surface area contributed by atoms with E-state index in [1.165, 1.54) is 17.9 Å². The van der Waals surface area contributed by atoms with Crippen molar-refractivity contribution in [2.24, 2.45) is 5.16 Å². The van der Waals surface area contributed by atoms with Crippen molar-refractivity contribution in [3.8, 4) is 0 Å². The van der Waals surface area contributed by atoms with Gasteiger partial charge in [0.2, 0.25) is 6.23 Å². The first kappa shape index (κ1) is 12.6. The molecule has 18 heavy (non-hydrogen) atoms.